The van der Waals surface area contributed by atoms with Gasteiger partial charge in [0.2, 0.25) is 9.84 Å². The lowest BCUT2D eigenvalue weighted by atomic mass is 10.1. The first-order valence-electron chi connectivity index (χ1n) is 8.27. The van der Waals surface area contributed by atoms with Gasteiger partial charge in [0.15, 0.2) is 4.91 Å². The number of hydrogen-bond donors (Lipinski definition) is 0. The molecule has 0 saturated heterocycles. The van der Waals surface area contributed by atoms with Gasteiger partial charge in [0.05, 0.1) is 17.6 Å². The summed E-state index contributed by atoms with van der Waals surface area (Å²) in [6.07, 6.45) is 1.07. The number of methoxy groups -OCH3 is 1. The van der Waals surface area contributed by atoms with Gasteiger partial charge in [-0.3, -0.25) is 0 Å². The Morgan fingerprint density at radius 3 is 2.45 bits per heavy atom. The third kappa shape index (κ3) is 4.10. The molecule has 3 aromatic rings. The fourth-order valence-corrected chi connectivity index (χ4v) is 3.74. The van der Waals surface area contributed by atoms with E-state index in [0.29, 0.717) is 11.3 Å². The molecule has 0 spiro atoms. The molecule has 0 unspecified atom stereocenters. The van der Waals surface area contributed by atoms with Crippen LogP contribution in [0.4, 0.5) is 4.39 Å². The van der Waals surface area contributed by atoms with Gasteiger partial charge < -0.3 is 9.15 Å². The van der Waals surface area contributed by atoms with Crippen LogP contribution in [-0.2, 0) is 14.6 Å². The molecule has 0 aliphatic rings. The van der Waals surface area contributed by atoms with Crippen molar-refractivity contribution in [3.8, 4) is 17.4 Å². The predicted octanol–water partition coefficient (Wildman–Crippen LogP) is 4.21. The molecule has 0 bridgehead atoms. The Kier molecular flexibility index (Phi) is 5.61. The predicted molar refractivity (Wildman–Crippen MR) is 103 cm³/mol. The van der Waals surface area contributed by atoms with Gasteiger partial charge in [-0.2, -0.15) is 5.26 Å². The summed E-state index contributed by atoms with van der Waals surface area (Å²) in [5.74, 6) is -0.743. The van der Waals surface area contributed by atoms with Crippen molar-refractivity contribution in [2.45, 2.75) is 4.90 Å². The van der Waals surface area contributed by atoms with E-state index < -0.39 is 26.5 Å². The Morgan fingerprint density at radius 1 is 1.10 bits per heavy atom. The molecule has 0 N–H and O–H groups in total. The summed E-state index contributed by atoms with van der Waals surface area (Å²) < 4.78 is 48.7. The molecule has 1 aromatic heterocycles. The van der Waals surface area contributed by atoms with Crippen molar-refractivity contribution in [3.05, 3.63) is 82.7 Å². The van der Waals surface area contributed by atoms with E-state index in [1.165, 1.54) is 13.2 Å². The zero-order valence-corrected chi connectivity index (χ0v) is 15.9. The zero-order valence-electron chi connectivity index (χ0n) is 15.1. The normalized spacial score (nSPS) is 11.7. The molecule has 2 aromatic carbocycles. The zero-order chi connectivity index (χ0) is 21.0. The molecule has 0 aliphatic carbocycles. The largest absolute Gasteiger partial charge is 0.465 e. The fraction of sp³-hybridized carbons (Fsp3) is 0.0476. The Morgan fingerprint density at radius 2 is 1.79 bits per heavy atom. The third-order valence-corrected chi connectivity index (χ3v) is 5.70. The number of carbonyl (C=O) groups is 1. The number of hydrogen-bond acceptors (Lipinski definition) is 6. The van der Waals surface area contributed by atoms with Crippen molar-refractivity contribution >= 4 is 21.9 Å². The van der Waals surface area contributed by atoms with Gasteiger partial charge in [-0.1, -0.05) is 18.2 Å². The smallest absolute Gasteiger partial charge is 0.338 e. The summed E-state index contributed by atoms with van der Waals surface area (Å²) in [5, 5.41) is 9.34. The maximum absolute atomic E-state index is 13.1. The monoisotopic (exact) mass is 411 g/mol. The van der Waals surface area contributed by atoms with E-state index in [4.69, 9.17) is 9.15 Å². The molecule has 8 heteroatoms. The van der Waals surface area contributed by atoms with E-state index in [9.17, 15) is 22.9 Å². The van der Waals surface area contributed by atoms with E-state index in [1.807, 2.05) is 0 Å². The second kappa shape index (κ2) is 8.12. The number of ether oxygens (including phenoxy) is 1. The number of nitrogens with zero attached hydrogens (tertiary/aromatic N) is 1. The van der Waals surface area contributed by atoms with E-state index in [1.54, 1.807) is 36.4 Å². The lowest BCUT2D eigenvalue weighted by Gasteiger charge is -2.05. The van der Waals surface area contributed by atoms with Gasteiger partial charge in [-0.05, 0) is 42.5 Å². The van der Waals surface area contributed by atoms with Crippen LogP contribution < -0.4 is 0 Å². The highest BCUT2D eigenvalue weighted by molar-refractivity contribution is 7.95. The Labute approximate surface area is 166 Å². The van der Waals surface area contributed by atoms with Crippen molar-refractivity contribution in [1.82, 2.24) is 0 Å². The molecule has 146 valence electrons. The van der Waals surface area contributed by atoms with Crippen molar-refractivity contribution in [2.24, 2.45) is 0 Å². The minimum atomic E-state index is -4.15. The number of sulfone groups is 1. The SMILES string of the molecule is COC(=O)c1ccccc1-c1ccc(/C=C(\C#N)S(=O)(=O)c2ccc(F)cc2)o1. The molecule has 6 nitrogen and oxygen atoms in total. The summed E-state index contributed by atoms with van der Waals surface area (Å²) in [6, 6.07) is 15.4. The molecular formula is C21H14FNO5S. The minimum absolute atomic E-state index is 0.0990. The van der Waals surface area contributed by atoms with Gasteiger partial charge in [0, 0.05) is 11.6 Å². The van der Waals surface area contributed by atoms with Crippen molar-refractivity contribution in [3.63, 3.8) is 0 Å². The summed E-state index contributed by atoms with van der Waals surface area (Å²) in [4.78, 5) is 11.1. The molecule has 0 aliphatic heterocycles. The van der Waals surface area contributed by atoms with E-state index in [0.717, 1.165) is 30.3 Å². The van der Waals surface area contributed by atoms with Gasteiger partial charge in [-0.25, -0.2) is 17.6 Å². The minimum Gasteiger partial charge on any atom is -0.465 e. The molecule has 0 amide bonds. The van der Waals surface area contributed by atoms with Crippen molar-refractivity contribution in [2.75, 3.05) is 7.11 Å². The molecule has 0 fully saturated rings. The number of nitriles is 1. The van der Waals surface area contributed by atoms with Crippen LogP contribution in [0.2, 0.25) is 0 Å². The van der Waals surface area contributed by atoms with Crippen LogP contribution in [0.15, 0.2) is 74.9 Å². The Balaban J connectivity index is 2.00. The van der Waals surface area contributed by atoms with Crippen LogP contribution >= 0.6 is 0 Å². The standard InChI is InChI=1S/C21H14FNO5S/c1-27-21(24)19-5-3-2-4-18(19)20-11-8-15(28-20)12-17(13-23)29(25,26)16-9-6-14(22)7-10-16/h2-12H,1H3/b17-12+. The number of halogens is 1. The quantitative estimate of drug-likeness (QED) is 0.354. The van der Waals surface area contributed by atoms with Crippen LogP contribution in [0.1, 0.15) is 16.1 Å². The topological polar surface area (TPSA) is 97.4 Å². The fourth-order valence-electron chi connectivity index (χ4n) is 2.60. The summed E-state index contributed by atoms with van der Waals surface area (Å²) in [6.45, 7) is 0. The Hall–Kier alpha value is -3.70. The number of furan rings is 1. The molecule has 1 heterocycles. The molecule has 0 radical (unpaired) electrons. The van der Waals surface area contributed by atoms with Gasteiger partial charge >= 0.3 is 5.97 Å². The van der Waals surface area contributed by atoms with Gasteiger partial charge in [0.25, 0.3) is 0 Å². The first-order chi connectivity index (χ1) is 13.9. The van der Waals surface area contributed by atoms with E-state index in [-0.39, 0.29) is 16.2 Å². The van der Waals surface area contributed by atoms with Crippen LogP contribution in [-0.4, -0.2) is 21.5 Å². The summed E-state index contributed by atoms with van der Waals surface area (Å²) in [5.41, 5.74) is 0.734. The lowest BCUT2D eigenvalue weighted by Crippen LogP contribution is -2.03. The third-order valence-electron chi connectivity index (χ3n) is 4.02. The number of rotatable bonds is 5. The van der Waals surface area contributed by atoms with Crippen molar-refractivity contribution < 1.29 is 26.8 Å². The first kappa shape index (κ1) is 20.0. The highest BCUT2D eigenvalue weighted by Gasteiger charge is 2.22. The average Bonchev–Trinajstić information content (AvgIpc) is 3.20. The van der Waals surface area contributed by atoms with Crippen LogP contribution in [0.3, 0.4) is 0 Å². The number of allylic oxidation sites excluding steroid dienone is 1. The lowest BCUT2D eigenvalue weighted by molar-refractivity contribution is 0.0601. The highest BCUT2D eigenvalue weighted by atomic mass is 32.2. The molecule has 3 rings (SSSR count). The molecule has 0 saturated carbocycles. The summed E-state index contributed by atoms with van der Waals surface area (Å²) in [7, 11) is -2.89. The van der Waals surface area contributed by atoms with Crippen molar-refractivity contribution in [1.29, 1.82) is 5.26 Å². The highest BCUT2D eigenvalue weighted by Crippen LogP contribution is 2.28. The van der Waals surface area contributed by atoms with Gasteiger partial charge in [0.1, 0.15) is 23.4 Å². The van der Waals surface area contributed by atoms with Crippen LogP contribution in [0, 0.1) is 17.1 Å². The van der Waals surface area contributed by atoms with Crippen LogP contribution in [0.25, 0.3) is 17.4 Å². The average molecular weight is 411 g/mol. The van der Waals surface area contributed by atoms with Gasteiger partial charge in [-0.15, -0.1) is 0 Å². The number of esters is 1. The maximum Gasteiger partial charge on any atom is 0.338 e. The Bertz CT molecular complexity index is 1230. The van der Waals surface area contributed by atoms with E-state index in [2.05, 4.69) is 0 Å². The van der Waals surface area contributed by atoms with E-state index >= 15 is 0 Å². The second-order valence-electron chi connectivity index (χ2n) is 5.82. The molecule has 29 heavy (non-hydrogen) atoms. The maximum atomic E-state index is 13.1. The first-order valence-corrected chi connectivity index (χ1v) is 9.75. The number of benzene rings is 2. The number of carbonyl (C=O) groups excluding carboxylic acids is 1. The second-order valence-corrected chi connectivity index (χ2v) is 7.74. The summed E-state index contributed by atoms with van der Waals surface area (Å²) >= 11 is 0. The molecular weight excluding hydrogens is 397 g/mol. The molecule has 0 atom stereocenters. The van der Waals surface area contributed by atoms with Crippen LogP contribution in [0.5, 0.6) is 0 Å².